The van der Waals surface area contributed by atoms with Crippen LogP contribution in [0.3, 0.4) is 0 Å². The van der Waals surface area contributed by atoms with Crippen LogP contribution in [0, 0.1) is 5.92 Å². The number of piperidine rings is 1. The second-order valence-electron chi connectivity index (χ2n) is 9.16. The van der Waals surface area contributed by atoms with Crippen LogP contribution in [0.5, 0.6) is 0 Å². The second-order valence-corrected chi connectivity index (χ2v) is 9.16. The molecule has 0 radical (unpaired) electrons. The average molecular weight is 542 g/mol. The molecule has 174 valence electrons. The number of benzene rings is 1. The molecule has 1 aliphatic heterocycles. The lowest BCUT2D eigenvalue weighted by atomic mass is 9.88. The van der Waals surface area contributed by atoms with Crippen molar-refractivity contribution in [2.24, 2.45) is 10.9 Å². The van der Waals surface area contributed by atoms with Crippen LogP contribution in [0.4, 0.5) is 0 Å². The number of amides is 1. The minimum atomic E-state index is 0. The summed E-state index contributed by atoms with van der Waals surface area (Å²) in [5, 5.41) is 6.84. The third-order valence-corrected chi connectivity index (χ3v) is 6.54. The van der Waals surface area contributed by atoms with Crippen molar-refractivity contribution in [2.75, 3.05) is 33.7 Å². The molecule has 0 aromatic heterocycles. The molecule has 1 aromatic rings. The lowest BCUT2D eigenvalue weighted by Gasteiger charge is -2.40. The Hall–Kier alpha value is -1.35. The van der Waals surface area contributed by atoms with Gasteiger partial charge in [-0.25, -0.2) is 4.99 Å². The van der Waals surface area contributed by atoms with Gasteiger partial charge in [0.05, 0.1) is 13.1 Å². The summed E-state index contributed by atoms with van der Waals surface area (Å²) >= 11 is 0. The number of hydrogen-bond donors (Lipinski definition) is 2. The van der Waals surface area contributed by atoms with Crippen LogP contribution in [0.1, 0.15) is 51.0 Å². The van der Waals surface area contributed by atoms with Crippen LogP contribution in [0.2, 0.25) is 0 Å². The highest BCUT2D eigenvalue weighted by Gasteiger charge is 2.28. The molecule has 2 N–H and O–H groups in total. The molecule has 3 rings (SSSR count). The highest BCUT2D eigenvalue weighted by Crippen LogP contribution is 2.27. The summed E-state index contributed by atoms with van der Waals surface area (Å²) in [6.07, 6.45) is 7.49. The van der Waals surface area contributed by atoms with E-state index in [0.717, 1.165) is 30.8 Å². The second kappa shape index (κ2) is 13.3. The maximum atomic E-state index is 12.0. The fourth-order valence-corrected chi connectivity index (χ4v) is 4.40. The Morgan fingerprint density at radius 2 is 1.71 bits per heavy atom. The van der Waals surface area contributed by atoms with E-state index in [-0.39, 0.29) is 36.4 Å². The van der Waals surface area contributed by atoms with Crippen molar-refractivity contribution < 1.29 is 4.79 Å². The fraction of sp³-hybridized carbons (Fsp3) is 0.667. The van der Waals surface area contributed by atoms with Crippen LogP contribution in [0.15, 0.2) is 35.3 Å². The maximum Gasteiger partial charge on any atom is 0.241 e. The molecule has 0 unspecified atom stereocenters. The molecular weight excluding hydrogens is 501 g/mol. The van der Waals surface area contributed by atoms with Gasteiger partial charge >= 0.3 is 0 Å². The summed E-state index contributed by atoms with van der Waals surface area (Å²) in [4.78, 5) is 21.1. The lowest BCUT2D eigenvalue weighted by Crippen LogP contribution is -2.50. The lowest BCUT2D eigenvalue weighted by molar-refractivity contribution is -0.127. The molecule has 0 atom stereocenters. The van der Waals surface area contributed by atoms with E-state index < -0.39 is 0 Å². The summed E-state index contributed by atoms with van der Waals surface area (Å²) in [7, 11) is 3.56. The molecule has 31 heavy (non-hydrogen) atoms. The van der Waals surface area contributed by atoms with E-state index in [9.17, 15) is 4.79 Å². The van der Waals surface area contributed by atoms with Gasteiger partial charge in [-0.2, -0.15) is 0 Å². The molecule has 0 spiro atoms. The largest absolute Gasteiger partial charge is 0.354 e. The Balaban J connectivity index is 0.00000341. The fourth-order valence-electron chi connectivity index (χ4n) is 4.40. The first kappa shape index (κ1) is 25.9. The molecule has 1 heterocycles. The standard InChI is InChI=1S/C24H39N5O.HI/c1-19-13-15-29(16-14-19)22-11-9-21(10-12-22)27-24(26-18-23(30)28(2)3)25-17-20-7-5-4-6-8-20;/h4-8,19,21-22H,9-18H2,1-3H3,(H2,25,26,27);1H. The number of nitrogens with zero attached hydrogens (tertiary/aromatic N) is 3. The average Bonchev–Trinajstić information content (AvgIpc) is 2.77. The van der Waals surface area contributed by atoms with Crippen molar-refractivity contribution in [2.45, 2.75) is 64.1 Å². The molecule has 1 aromatic carbocycles. The molecule has 2 fully saturated rings. The third-order valence-electron chi connectivity index (χ3n) is 6.54. The van der Waals surface area contributed by atoms with Gasteiger partial charge in [0, 0.05) is 26.2 Å². The predicted octanol–water partition coefficient (Wildman–Crippen LogP) is 3.47. The SMILES string of the molecule is CC1CCN(C2CCC(NC(=NCc3ccccc3)NCC(=O)N(C)C)CC2)CC1.I. The van der Waals surface area contributed by atoms with Crippen LogP contribution in [-0.2, 0) is 11.3 Å². The number of carbonyl (C=O) groups is 1. The monoisotopic (exact) mass is 541 g/mol. The van der Waals surface area contributed by atoms with Crippen molar-refractivity contribution in [1.29, 1.82) is 0 Å². The van der Waals surface area contributed by atoms with E-state index in [1.54, 1.807) is 19.0 Å². The Morgan fingerprint density at radius 3 is 2.32 bits per heavy atom. The molecule has 2 aliphatic rings. The van der Waals surface area contributed by atoms with E-state index >= 15 is 0 Å². The third kappa shape index (κ3) is 8.60. The van der Waals surface area contributed by atoms with Gasteiger partial charge in [0.25, 0.3) is 0 Å². The molecule has 1 saturated carbocycles. The summed E-state index contributed by atoms with van der Waals surface area (Å²) in [5.74, 6) is 1.68. The molecule has 1 amide bonds. The van der Waals surface area contributed by atoms with E-state index in [1.807, 2.05) is 18.2 Å². The number of likely N-dealkylation sites (N-methyl/N-ethyl adjacent to an activating group) is 1. The molecule has 1 aliphatic carbocycles. The number of aliphatic imine (C=N–C) groups is 1. The minimum Gasteiger partial charge on any atom is -0.354 e. The first-order valence-electron chi connectivity index (χ1n) is 11.5. The van der Waals surface area contributed by atoms with Gasteiger partial charge in [0.1, 0.15) is 0 Å². The van der Waals surface area contributed by atoms with Crippen LogP contribution in [0.25, 0.3) is 0 Å². The Bertz CT molecular complexity index is 680. The van der Waals surface area contributed by atoms with Gasteiger partial charge in [0.2, 0.25) is 5.91 Å². The maximum absolute atomic E-state index is 12.0. The number of halogens is 1. The van der Waals surface area contributed by atoms with E-state index in [1.165, 1.54) is 44.3 Å². The molecule has 6 nitrogen and oxygen atoms in total. The number of guanidine groups is 1. The van der Waals surface area contributed by atoms with Crippen molar-refractivity contribution in [3.8, 4) is 0 Å². The van der Waals surface area contributed by atoms with Gasteiger partial charge in [0.15, 0.2) is 5.96 Å². The van der Waals surface area contributed by atoms with Crippen LogP contribution >= 0.6 is 24.0 Å². The van der Waals surface area contributed by atoms with E-state index in [4.69, 9.17) is 4.99 Å². The van der Waals surface area contributed by atoms with Crippen LogP contribution < -0.4 is 10.6 Å². The summed E-state index contributed by atoms with van der Waals surface area (Å²) < 4.78 is 0. The number of hydrogen-bond acceptors (Lipinski definition) is 3. The van der Waals surface area contributed by atoms with Crippen molar-refractivity contribution in [3.05, 3.63) is 35.9 Å². The summed E-state index contributed by atoms with van der Waals surface area (Å²) in [5.41, 5.74) is 1.17. The number of carbonyl (C=O) groups excluding carboxylic acids is 1. The van der Waals surface area contributed by atoms with Gasteiger partial charge in [-0.15, -0.1) is 24.0 Å². The van der Waals surface area contributed by atoms with Gasteiger partial charge in [-0.3, -0.25) is 4.79 Å². The Labute approximate surface area is 205 Å². The highest BCUT2D eigenvalue weighted by molar-refractivity contribution is 14.0. The molecule has 1 saturated heterocycles. The normalized spacial score (nSPS) is 23.0. The van der Waals surface area contributed by atoms with Gasteiger partial charge < -0.3 is 20.4 Å². The smallest absolute Gasteiger partial charge is 0.241 e. The van der Waals surface area contributed by atoms with Gasteiger partial charge in [-0.05, 0) is 63.1 Å². The summed E-state index contributed by atoms with van der Waals surface area (Å²) in [6, 6.07) is 11.4. The Morgan fingerprint density at radius 1 is 1.06 bits per heavy atom. The zero-order valence-corrected chi connectivity index (χ0v) is 21.7. The molecular formula is C24H40IN5O. The Kier molecular flexibility index (Phi) is 11.1. The molecule has 7 heteroatoms. The van der Waals surface area contributed by atoms with E-state index in [2.05, 4.69) is 34.6 Å². The quantitative estimate of drug-likeness (QED) is 0.329. The first-order chi connectivity index (χ1) is 14.5. The zero-order chi connectivity index (χ0) is 21.3. The van der Waals surface area contributed by atoms with Crippen molar-refractivity contribution in [1.82, 2.24) is 20.4 Å². The first-order valence-corrected chi connectivity index (χ1v) is 11.5. The number of nitrogens with one attached hydrogen (secondary N) is 2. The summed E-state index contributed by atoms with van der Waals surface area (Å²) in [6.45, 7) is 5.77. The van der Waals surface area contributed by atoms with E-state index in [0.29, 0.717) is 12.6 Å². The highest BCUT2D eigenvalue weighted by atomic mass is 127. The molecule has 0 bridgehead atoms. The zero-order valence-electron chi connectivity index (χ0n) is 19.3. The van der Waals surface area contributed by atoms with Crippen molar-refractivity contribution in [3.63, 3.8) is 0 Å². The topological polar surface area (TPSA) is 60.0 Å². The predicted molar refractivity (Wildman–Crippen MR) is 139 cm³/mol. The number of likely N-dealkylation sites (tertiary alicyclic amines) is 1. The minimum absolute atomic E-state index is 0. The van der Waals surface area contributed by atoms with Gasteiger partial charge in [-0.1, -0.05) is 37.3 Å². The number of rotatable bonds is 6. The van der Waals surface area contributed by atoms with Crippen molar-refractivity contribution >= 4 is 35.8 Å². The van der Waals surface area contributed by atoms with Crippen LogP contribution in [-0.4, -0.2) is 67.5 Å².